The van der Waals surface area contributed by atoms with E-state index in [1.807, 2.05) is 12.4 Å². The first-order valence-corrected chi connectivity index (χ1v) is 8.09. The standard InChI is InChI=1S/C17H22BrN3/c1-3-9-19-11-15-12-20-10-8-17(15)21(2)13-14-4-6-16(18)7-5-14/h4-8,10,12,19H,3,9,11,13H2,1-2H3. The summed E-state index contributed by atoms with van der Waals surface area (Å²) >= 11 is 3.47. The van der Waals surface area contributed by atoms with E-state index in [-0.39, 0.29) is 0 Å². The van der Waals surface area contributed by atoms with Crippen molar-refractivity contribution in [2.75, 3.05) is 18.5 Å². The van der Waals surface area contributed by atoms with Crippen LogP contribution < -0.4 is 10.2 Å². The van der Waals surface area contributed by atoms with Gasteiger partial charge in [0, 0.05) is 48.3 Å². The van der Waals surface area contributed by atoms with Crippen molar-refractivity contribution in [1.29, 1.82) is 0 Å². The minimum atomic E-state index is 0.863. The first-order chi connectivity index (χ1) is 10.2. The first kappa shape index (κ1) is 16.0. The molecular weight excluding hydrogens is 326 g/mol. The normalized spacial score (nSPS) is 10.6. The van der Waals surface area contributed by atoms with Gasteiger partial charge in [-0.05, 0) is 36.7 Å². The van der Waals surface area contributed by atoms with Crippen LogP contribution in [0.3, 0.4) is 0 Å². The number of pyridine rings is 1. The number of nitrogens with one attached hydrogen (secondary N) is 1. The van der Waals surface area contributed by atoms with Gasteiger partial charge in [-0.3, -0.25) is 4.98 Å². The summed E-state index contributed by atoms with van der Waals surface area (Å²) < 4.78 is 1.11. The zero-order valence-corrected chi connectivity index (χ0v) is 14.2. The fraction of sp³-hybridized carbons (Fsp3) is 0.353. The Bertz CT molecular complexity index is 554. The van der Waals surface area contributed by atoms with Gasteiger partial charge in [0.1, 0.15) is 0 Å². The molecule has 0 aliphatic heterocycles. The maximum atomic E-state index is 4.25. The molecule has 0 spiro atoms. The predicted molar refractivity (Wildman–Crippen MR) is 92.5 cm³/mol. The summed E-state index contributed by atoms with van der Waals surface area (Å²) in [5, 5.41) is 3.45. The van der Waals surface area contributed by atoms with Gasteiger partial charge in [-0.25, -0.2) is 0 Å². The van der Waals surface area contributed by atoms with E-state index in [4.69, 9.17) is 0 Å². The zero-order valence-electron chi connectivity index (χ0n) is 12.6. The predicted octanol–water partition coefficient (Wildman–Crippen LogP) is 3.98. The molecule has 0 radical (unpaired) electrons. The van der Waals surface area contributed by atoms with Gasteiger partial charge in [0.15, 0.2) is 0 Å². The third-order valence-corrected chi connectivity index (χ3v) is 3.89. The van der Waals surface area contributed by atoms with E-state index in [0.717, 1.165) is 30.5 Å². The topological polar surface area (TPSA) is 28.2 Å². The number of aromatic nitrogens is 1. The van der Waals surface area contributed by atoms with Gasteiger partial charge in [0.25, 0.3) is 0 Å². The maximum absolute atomic E-state index is 4.25. The van der Waals surface area contributed by atoms with E-state index in [1.54, 1.807) is 0 Å². The second-order valence-corrected chi connectivity index (χ2v) is 6.08. The highest BCUT2D eigenvalue weighted by Gasteiger charge is 2.08. The lowest BCUT2D eigenvalue weighted by Gasteiger charge is -2.22. The second-order valence-electron chi connectivity index (χ2n) is 5.16. The molecule has 0 atom stereocenters. The molecule has 1 heterocycles. The van der Waals surface area contributed by atoms with Gasteiger partial charge in [-0.2, -0.15) is 0 Å². The van der Waals surface area contributed by atoms with Crippen molar-refractivity contribution in [3.05, 3.63) is 58.3 Å². The molecule has 1 aromatic heterocycles. The van der Waals surface area contributed by atoms with Crippen molar-refractivity contribution in [3.63, 3.8) is 0 Å². The van der Waals surface area contributed by atoms with E-state index < -0.39 is 0 Å². The van der Waals surface area contributed by atoms with Crippen LogP contribution in [0, 0.1) is 0 Å². The Labute approximate surface area is 135 Å². The molecule has 0 aliphatic rings. The van der Waals surface area contributed by atoms with E-state index in [9.17, 15) is 0 Å². The summed E-state index contributed by atoms with van der Waals surface area (Å²) in [6.45, 7) is 4.96. The highest BCUT2D eigenvalue weighted by atomic mass is 79.9. The van der Waals surface area contributed by atoms with Crippen molar-refractivity contribution in [2.24, 2.45) is 0 Å². The number of benzene rings is 1. The number of rotatable bonds is 7. The van der Waals surface area contributed by atoms with Gasteiger partial charge < -0.3 is 10.2 Å². The number of anilines is 1. The Balaban J connectivity index is 2.07. The molecule has 21 heavy (non-hydrogen) atoms. The van der Waals surface area contributed by atoms with Crippen LogP contribution >= 0.6 is 15.9 Å². The molecule has 2 rings (SSSR count). The number of hydrogen-bond acceptors (Lipinski definition) is 3. The van der Waals surface area contributed by atoms with Crippen molar-refractivity contribution in [1.82, 2.24) is 10.3 Å². The molecule has 0 saturated heterocycles. The molecule has 4 heteroatoms. The van der Waals surface area contributed by atoms with Gasteiger partial charge in [-0.1, -0.05) is 35.0 Å². The van der Waals surface area contributed by atoms with Crippen molar-refractivity contribution >= 4 is 21.6 Å². The molecule has 3 nitrogen and oxygen atoms in total. The minimum absolute atomic E-state index is 0.863. The Morgan fingerprint density at radius 2 is 1.95 bits per heavy atom. The van der Waals surface area contributed by atoms with Gasteiger partial charge in [0.05, 0.1) is 0 Å². The van der Waals surface area contributed by atoms with Gasteiger partial charge in [0.2, 0.25) is 0 Å². The van der Waals surface area contributed by atoms with Crippen LogP contribution in [0.5, 0.6) is 0 Å². The summed E-state index contributed by atoms with van der Waals surface area (Å²) in [7, 11) is 2.13. The zero-order chi connectivity index (χ0) is 15.1. The van der Waals surface area contributed by atoms with Crippen molar-refractivity contribution in [2.45, 2.75) is 26.4 Å². The number of nitrogens with zero attached hydrogens (tertiary/aromatic N) is 2. The largest absolute Gasteiger partial charge is 0.370 e. The summed E-state index contributed by atoms with van der Waals surface area (Å²) in [6, 6.07) is 10.5. The van der Waals surface area contributed by atoms with Crippen LogP contribution in [0.25, 0.3) is 0 Å². The molecule has 0 saturated carbocycles. The molecule has 0 fully saturated rings. The lowest BCUT2D eigenvalue weighted by Crippen LogP contribution is -2.21. The van der Waals surface area contributed by atoms with E-state index in [1.165, 1.54) is 16.8 Å². The molecule has 112 valence electrons. The van der Waals surface area contributed by atoms with Crippen molar-refractivity contribution < 1.29 is 0 Å². The van der Waals surface area contributed by atoms with Crippen molar-refractivity contribution in [3.8, 4) is 0 Å². The van der Waals surface area contributed by atoms with Crippen LogP contribution in [0.15, 0.2) is 47.2 Å². The van der Waals surface area contributed by atoms with E-state index in [2.05, 4.69) is 75.4 Å². The third-order valence-electron chi connectivity index (χ3n) is 3.36. The molecule has 2 aromatic rings. The molecular formula is C17H22BrN3. The molecule has 0 aliphatic carbocycles. The number of hydrogen-bond donors (Lipinski definition) is 1. The summed E-state index contributed by atoms with van der Waals surface area (Å²) in [5.41, 5.74) is 3.77. The Morgan fingerprint density at radius 3 is 2.67 bits per heavy atom. The maximum Gasteiger partial charge on any atom is 0.0443 e. The molecule has 0 amide bonds. The first-order valence-electron chi connectivity index (χ1n) is 7.30. The molecule has 1 N–H and O–H groups in total. The number of halogens is 1. The van der Waals surface area contributed by atoms with Crippen LogP contribution in [0.2, 0.25) is 0 Å². The minimum Gasteiger partial charge on any atom is -0.370 e. The second kappa shape index (κ2) is 8.15. The fourth-order valence-electron chi connectivity index (χ4n) is 2.28. The highest BCUT2D eigenvalue weighted by Crippen LogP contribution is 2.20. The SMILES string of the molecule is CCCNCc1cnccc1N(C)Cc1ccc(Br)cc1. The highest BCUT2D eigenvalue weighted by molar-refractivity contribution is 9.10. The van der Waals surface area contributed by atoms with Gasteiger partial charge in [-0.15, -0.1) is 0 Å². The summed E-state index contributed by atoms with van der Waals surface area (Å²) in [6.07, 6.45) is 4.96. The Morgan fingerprint density at radius 1 is 1.19 bits per heavy atom. The van der Waals surface area contributed by atoms with E-state index >= 15 is 0 Å². The van der Waals surface area contributed by atoms with Crippen LogP contribution in [0.4, 0.5) is 5.69 Å². The smallest absolute Gasteiger partial charge is 0.0443 e. The molecule has 0 unspecified atom stereocenters. The lowest BCUT2D eigenvalue weighted by molar-refractivity contribution is 0.672. The molecule has 0 bridgehead atoms. The summed E-state index contributed by atoms with van der Waals surface area (Å²) in [5.74, 6) is 0. The molecule has 1 aromatic carbocycles. The third kappa shape index (κ3) is 4.83. The summed E-state index contributed by atoms with van der Waals surface area (Å²) in [4.78, 5) is 6.52. The average Bonchev–Trinajstić information content (AvgIpc) is 2.50. The monoisotopic (exact) mass is 347 g/mol. The quantitative estimate of drug-likeness (QED) is 0.767. The van der Waals surface area contributed by atoms with Crippen LogP contribution in [0.1, 0.15) is 24.5 Å². The Hall–Kier alpha value is -1.39. The average molecular weight is 348 g/mol. The lowest BCUT2D eigenvalue weighted by atomic mass is 10.1. The Kier molecular flexibility index (Phi) is 6.21. The van der Waals surface area contributed by atoms with Crippen LogP contribution in [-0.2, 0) is 13.1 Å². The van der Waals surface area contributed by atoms with E-state index in [0.29, 0.717) is 0 Å². The fourth-order valence-corrected chi connectivity index (χ4v) is 2.54. The van der Waals surface area contributed by atoms with Crippen LogP contribution in [-0.4, -0.2) is 18.6 Å². The van der Waals surface area contributed by atoms with Gasteiger partial charge >= 0.3 is 0 Å².